The Morgan fingerprint density at radius 2 is 2.00 bits per heavy atom. The molecule has 2 aromatic heterocycles. The van der Waals surface area contributed by atoms with Gasteiger partial charge in [0.15, 0.2) is 6.04 Å². The number of hydrogen-bond donors (Lipinski definition) is 2. The van der Waals surface area contributed by atoms with Crippen LogP contribution in [0, 0.1) is 19.5 Å². The van der Waals surface area contributed by atoms with Crippen LogP contribution in [-0.2, 0) is 14.4 Å². The lowest BCUT2D eigenvalue weighted by Crippen LogP contribution is -2.76. The molecule has 0 aromatic carbocycles. The van der Waals surface area contributed by atoms with Crippen molar-refractivity contribution < 1.29 is 23.9 Å². The minimum Gasteiger partial charge on any atom is -0.481 e. The fourth-order valence-corrected chi connectivity index (χ4v) is 7.75. The maximum Gasteiger partial charge on any atom is 0.313 e. The largest absolute Gasteiger partial charge is 0.481 e. The summed E-state index contributed by atoms with van der Waals surface area (Å²) >= 11 is 9.58. The van der Waals surface area contributed by atoms with Gasteiger partial charge in [0, 0.05) is 31.6 Å². The van der Waals surface area contributed by atoms with Crippen molar-refractivity contribution in [2.45, 2.75) is 30.5 Å². The second-order valence-electron chi connectivity index (χ2n) is 7.83. The molecule has 176 valence electrons. The molecule has 2 aromatic rings. The Bertz CT molecular complexity index is 1190. The van der Waals surface area contributed by atoms with E-state index >= 15 is 0 Å². The summed E-state index contributed by atoms with van der Waals surface area (Å²) in [4.78, 5) is 55.9. The van der Waals surface area contributed by atoms with E-state index in [2.05, 4.69) is 17.6 Å². The number of β-lactam (4-membered cyclic amide) rings is 1. The lowest BCUT2D eigenvalue weighted by Gasteiger charge is -2.56. The van der Waals surface area contributed by atoms with Crippen LogP contribution in [0.1, 0.15) is 23.8 Å². The van der Waals surface area contributed by atoms with Crippen molar-refractivity contribution in [2.75, 3.05) is 17.3 Å². The number of hydrogen-bond acceptors (Lipinski definition) is 8. The zero-order valence-corrected chi connectivity index (χ0v) is 23.3. The van der Waals surface area contributed by atoms with Gasteiger partial charge in [0.05, 0.1) is 18.1 Å². The third-order valence-corrected chi connectivity index (χ3v) is 9.45. The van der Waals surface area contributed by atoms with Crippen molar-refractivity contribution in [2.24, 2.45) is 5.41 Å². The number of rotatable bonds is 5. The Morgan fingerprint density at radius 1 is 1.36 bits per heavy atom. The van der Waals surface area contributed by atoms with Crippen molar-refractivity contribution in [1.29, 1.82) is 0 Å². The molecule has 0 radical (unpaired) electrons. The standard InChI is InChI=1S/C19H18I2N4O6S2/c1-8-5-31-15(22-8)14(32)19(18(29)30)6-24-16(28)12(17(24)33-7-19)25(9(2)26)23-3-10(20)13(27)11(21)4-23/h3-5,12,14,17,32H,6-7H2,1-2H3,(H,29,30)/t12?,14?,17-,19?/m1/s1. The number of halogens is 2. The Kier molecular flexibility index (Phi) is 6.83. The first-order valence-electron chi connectivity index (χ1n) is 9.61. The topological polar surface area (TPSA) is 126 Å². The number of amides is 2. The molecule has 0 spiro atoms. The number of nitrogens with zero attached hydrogens (tertiary/aromatic N) is 4. The smallest absolute Gasteiger partial charge is 0.313 e. The molecule has 4 heterocycles. The van der Waals surface area contributed by atoms with Crippen LogP contribution in [0.5, 0.6) is 0 Å². The highest BCUT2D eigenvalue weighted by atomic mass is 127. The third kappa shape index (κ3) is 4.09. The van der Waals surface area contributed by atoms with Crippen LogP contribution in [0.3, 0.4) is 0 Å². The van der Waals surface area contributed by atoms with E-state index in [1.807, 2.05) is 45.2 Å². The summed E-state index contributed by atoms with van der Waals surface area (Å²) in [6.07, 6.45) is 4.44. The molecule has 0 aliphatic carbocycles. The van der Waals surface area contributed by atoms with Crippen molar-refractivity contribution in [3.8, 4) is 0 Å². The van der Waals surface area contributed by atoms with Gasteiger partial charge in [-0.15, -0.1) is 11.8 Å². The molecule has 2 amide bonds. The highest BCUT2D eigenvalue weighted by Crippen LogP contribution is 2.50. The van der Waals surface area contributed by atoms with Gasteiger partial charge < -0.3 is 14.4 Å². The van der Waals surface area contributed by atoms with E-state index in [1.165, 1.54) is 51.9 Å². The molecule has 33 heavy (non-hydrogen) atoms. The summed E-state index contributed by atoms with van der Waals surface area (Å²) < 4.78 is 7.68. The van der Waals surface area contributed by atoms with E-state index < -0.39 is 28.0 Å². The maximum atomic E-state index is 13.2. The first-order chi connectivity index (χ1) is 15.5. The van der Waals surface area contributed by atoms with Gasteiger partial charge in [0.25, 0.3) is 5.91 Å². The van der Waals surface area contributed by atoms with Gasteiger partial charge in [0.1, 0.15) is 17.1 Å². The number of fused-ring (bicyclic) bond motifs is 1. The highest BCUT2D eigenvalue weighted by Gasteiger charge is 2.62. The average Bonchev–Trinajstić information content (AvgIpc) is 3.19. The van der Waals surface area contributed by atoms with Gasteiger partial charge in [-0.3, -0.25) is 23.9 Å². The average molecular weight is 716 g/mol. The van der Waals surface area contributed by atoms with E-state index in [9.17, 15) is 24.3 Å². The van der Waals surface area contributed by atoms with Crippen LogP contribution in [0.2, 0.25) is 0 Å². The summed E-state index contributed by atoms with van der Waals surface area (Å²) in [6.45, 7) is 2.99. The predicted octanol–water partition coefficient (Wildman–Crippen LogP) is 1.86. The van der Waals surface area contributed by atoms with Crippen LogP contribution in [0.15, 0.2) is 27.9 Å². The molecule has 10 nitrogen and oxygen atoms in total. The zero-order valence-electron chi connectivity index (χ0n) is 17.3. The number of carbonyl (C=O) groups is 3. The number of pyridine rings is 1. The number of thiol groups is 1. The summed E-state index contributed by atoms with van der Waals surface area (Å²) in [5.41, 5.74) is -0.961. The van der Waals surface area contributed by atoms with Gasteiger partial charge in [0.2, 0.25) is 17.2 Å². The number of carboxylic acid groups (broad SMARTS) is 1. The third-order valence-electron chi connectivity index (χ3n) is 5.66. The van der Waals surface area contributed by atoms with E-state index in [-0.39, 0.29) is 35.4 Å². The van der Waals surface area contributed by atoms with Gasteiger partial charge in [-0.1, -0.05) is 0 Å². The lowest BCUT2D eigenvalue weighted by molar-refractivity contribution is -0.158. The molecule has 4 atom stereocenters. The van der Waals surface area contributed by atoms with Crippen LogP contribution in [0.25, 0.3) is 0 Å². The number of carboxylic acids is 1. The molecule has 2 fully saturated rings. The minimum atomic E-state index is -1.41. The Labute approximate surface area is 225 Å². The number of carbonyl (C=O) groups excluding carboxylic acids is 2. The fraction of sp³-hybridized carbons (Fsp3) is 0.421. The molecule has 2 aliphatic rings. The molecular formula is C19H18I2N4O6S2. The van der Waals surface area contributed by atoms with Gasteiger partial charge in [-0.05, 0) is 52.1 Å². The molecule has 0 saturated carbocycles. The summed E-state index contributed by atoms with van der Waals surface area (Å²) in [5, 5.41) is 10.1. The normalized spacial score (nSPS) is 25.2. The molecule has 14 heteroatoms. The minimum absolute atomic E-state index is 0.0874. The Morgan fingerprint density at radius 3 is 2.52 bits per heavy atom. The SMILES string of the molecule is CC(=O)N(C1C(=O)N2CC(C(=O)O)(C(S)c3nc(C)co3)CS[C@H]12)n1cc(I)c(=O)c(I)c1. The van der Waals surface area contributed by atoms with E-state index in [4.69, 9.17) is 4.42 Å². The van der Waals surface area contributed by atoms with Crippen LogP contribution < -0.4 is 10.4 Å². The van der Waals surface area contributed by atoms with E-state index in [1.54, 1.807) is 6.92 Å². The van der Waals surface area contributed by atoms with Crippen molar-refractivity contribution in [3.05, 3.63) is 47.6 Å². The van der Waals surface area contributed by atoms with Crippen molar-refractivity contribution in [1.82, 2.24) is 14.6 Å². The molecule has 2 saturated heterocycles. The fourth-order valence-electron chi connectivity index (χ4n) is 3.94. The highest BCUT2D eigenvalue weighted by molar-refractivity contribution is 14.1. The number of aryl methyl sites for hydroxylation is 1. The number of oxazole rings is 1. The van der Waals surface area contributed by atoms with Crippen LogP contribution >= 0.6 is 69.6 Å². The van der Waals surface area contributed by atoms with E-state index in [0.29, 0.717) is 12.8 Å². The molecule has 0 bridgehead atoms. The number of thioether (sulfide) groups is 1. The lowest BCUT2D eigenvalue weighted by atomic mass is 9.83. The Hall–Kier alpha value is -1.27. The summed E-state index contributed by atoms with van der Waals surface area (Å²) in [5.74, 6) is -1.52. The predicted molar refractivity (Wildman–Crippen MR) is 140 cm³/mol. The van der Waals surface area contributed by atoms with Gasteiger partial charge in [-0.2, -0.15) is 12.6 Å². The second kappa shape index (κ2) is 9.07. The Balaban J connectivity index is 1.64. The van der Waals surface area contributed by atoms with E-state index in [0.717, 1.165) is 0 Å². The maximum absolute atomic E-state index is 13.2. The zero-order chi connectivity index (χ0) is 24.2. The molecule has 4 rings (SSSR count). The molecular weight excluding hydrogens is 698 g/mol. The quantitative estimate of drug-likeness (QED) is 0.273. The second-order valence-corrected chi connectivity index (χ2v) is 11.8. The summed E-state index contributed by atoms with van der Waals surface area (Å²) in [7, 11) is 0. The molecule has 1 N–H and O–H groups in total. The van der Waals surface area contributed by atoms with Crippen molar-refractivity contribution >= 4 is 87.4 Å². The van der Waals surface area contributed by atoms with Crippen molar-refractivity contribution in [3.63, 3.8) is 0 Å². The van der Waals surface area contributed by atoms with Crippen LogP contribution in [0.4, 0.5) is 0 Å². The number of aromatic nitrogens is 2. The first-order valence-corrected chi connectivity index (χ1v) is 13.3. The van der Waals surface area contributed by atoms with Crippen LogP contribution in [-0.4, -0.2) is 61.2 Å². The molecule has 2 aliphatic heterocycles. The first kappa shape index (κ1) is 24.8. The van der Waals surface area contributed by atoms with Gasteiger partial charge in [-0.25, -0.2) is 9.99 Å². The monoisotopic (exact) mass is 716 g/mol. The number of aliphatic carboxylic acids is 1. The molecule has 3 unspecified atom stereocenters. The summed E-state index contributed by atoms with van der Waals surface area (Å²) in [6, 6.07) is -0.823. The van der Waals surface area contributed by atoms with Gasteiger partial charge >= 0.3 is 5.97 Å².